The minimum Gasteiger partial charge on any atom is -0.452 e. The minimum absolute atomic E-state index is 0.00620. The lowest BCUT2D eigenvalue weighted by Gasteiger charge is -2.31. The van der Waals surface area contributed by atoms with Crippen molar-refractivity contribution in [2.24, 2.45) is 5.92 Å². The molecule has 0 N–H and O–H groups in total. The zero-order valence-corrected chi connectivity index (χ0v) is 10.2. The molecule has 0 radical (unpaired) electrons. The Balaban J connectivity index is 2.00. The number of carbonyl (C=O) groups excluding carboxylic acids is 1. The fraction of sp³-hybridized carbons (Fsp3) is 0.583. The number of amides is 1. The van der Waals surface area contributed by atoms with Gasteiger partial charge in [-0.2, -0.15) is 0 Å². The SMILES string of the molecule is CCC1CCN(C(=O)c2ccoc2Cl)CC1. The molecule has 16 heavy (non-hydrogen) atoms. The van der Waals surface area contributed by atoms with Gasteiger partial charge < -0.3 is 9.32 Å². The minimum atomic E-state index is -0.00620. The van der Waals surface area contributed by atoms with Gasteiger partial charge in [0.1, 0.15) is 0 Å². The number of rotatable bonds is 2. The van der Waals surface area contributed by atoms with Crippen LogP contribution in [0.1, 0.15) is 36.5 Å². The molecule has 3 nitrogen and oxygen atoms in total. The van der Waals surface area contributed by atoms with E-state index in [4.69, 9.17) is 16.0 Å². The van der Waals surface area contributed by atoms with E-state index < -0.39 is 0 Å². The summed E-state index contributed by atoms with van der Waals surface area (Å²) in [6, 6.07) is 1.64. The summed E-state index contributed by atoms with van der Waals surface area (Å²) >= 11 is 5.80. The number of nitrogens with zero attached hydrogens (tertiary/aromatic N) is 1. The van der Waals surface area contributed by atoms with Crippen LogP contribution in [0, 0.1) is 5.92 Å². The first-order valence-electron chi connectivity index (χ1n) is 5.74. The second-order valence-corrected chi connectivity index (χ2v) is 4.60. The van der Waals surface area contributed by atoms with Crippen LogP contribution in [-0.2, 0) is 0 Å². The van der Waals surface area contributed by atoms with Crippen LogP contribution in [0.5, 0.6) is 0 Å². The maximum atomic E-state index is 12.1. The van der Waals surface area contributed by atoms with Gasteiger partial charge in [-0.1, -0.05) is 13.3 Å². The molecule has 0 aromatic carbocycles. The molecule has 1 fully saturated rings. The van der Waals surface area contributed by atoms with E-state index in [9.17, 15) is 4.79 Å². The predicted molar refractivity (Wildman–Crippen MR) is 62.6 cm³/mol. The predicted octanol–water partition coefficient (Wildman–Crippen LogP) is 3.20. The third kappa shape index (κ3) is 2.24. The highest BCUT2D eigenvalue weighted by Crippen LogP contribution is 2.24. The van der Waals surface area contributed by atoms with E-state index in [1.165, 1.54) is 12.7 Å². The summed E-state index contributed by atoms with van der Waals surface area (Å²) in [6.07, 6.45) is 4.85. The smallest absolute Gasteiger partial charge is 0.258 e. The molecule has 1 aliphatic heterocycles. The van der Waals surface area contributed by atoms with Crippen LogP contribution in [-0.4, -0.2) is 23.9 Å². The summed E-state index contributed by atoms with van der Waals surface area (Å²) in [5.74, 6) is 0.761. The van der Waals surface area contributed by atoms with E-state index in [1.54, 1.807) is 6.07 Å². The molecule has 0 atom stereocenters. The Morgan fingerprint density at radius 1 is 1.56 bits per heavy atom. The molecule has 1 aromatic rings. The number of furan rings is 1. The van der Waals surface area contributed by atoms with Crippen molar-refractivity contribution in [2.45, 2.75) is 26.2 Å². The lowest BCUT2D eigenvalue weighted by molar-refractivity contribution is 0.0688. The van der Waals surface area contributed by atoms with E-state index in [1.807, 2.05) is 4.90 Å². The maximum Gasteiger partial charge on any atom is 0.258 e. The Morgan fingerprint density at radius 3 is 2.75 bits per heavy atom. The van der Waals surface area contributed by atoms with Gasteiger partial charge in [0.05, 0.1) is 11.8 Å². The molecule has 2 rings (SSSR count). The van der Waals surface area contributed by atoms with Crippen LogP contribution in [0.15, 0.2) is 16.7 Å². The zero-order chi connectivity index (χ0) is 11.5. The van der Waals surface area contributed by atoms with Crippen LogP contribution < -0.4 is 0 Å². The zero-order valence-electron chi connectivity index (χ0n) is 9.41. The molecular formula is C12H16ClNO2. The van der Waals surface area contributed by atoms with Crippen molar-refractivity contribution in [3.63, 3.8) is 0 Å². The Kier molecular flexibility index (Phi) is 3.54. The number of hydrogen-bond acceptors (Lipinski definition) is 2. The van der Waals surface area contributed by atoms with Gasteiger partial charge in [-0.25, -0.2) is 0 Å². The topological polar surface area (TPSA) is 33.5 Å². The lowest BCUT2D eigenvalue weighted by atomic mass is 9.94. The van der Waals surface area contributed by atoms with Gasteiger partial charge in [0.15, 0.2) is 0 Å². The van der Waals surface area contributed by atoms with Gasteiger partial charge in [-0.15, -0.1) is 0 Å². The van der Waals surface area contributed by atoms with Gasteiger partial charge in [0, 0.05) is 13.1 Å². The van der Waals surface area contributed by atoms with Crippen molar-refractivity contribution < 1.29 is 9.21 Å². The Morgan fingerprint density at radius 2 is 2.25 bits per heavy atom. The highest BCUT2D eigenvalue weighted by atomic mass is 35.5. The summed E-state index contributed by atoms with van der Waals surface area (Å²) in [5.41, 5.74) is 0.483. The monoisotopic (exact) mass is 241 g/mol. The summed E-state index contributed by atoms with van der Waals surface area (Å²) in [7, 11) is 0. The van der Waals surface area contributed by atoms with Crippen LogP contribution in [0.4, 0.5) is 0 Å². The van der Waals surface area contributed by atoms with Gasteiger partial charge in [-0.3, -0.25) is 4.79 Å². The largest absolute Gasteiger partial charge is 0.452 e. The third-order valence-electron chi connectivity index (χ3n) is 3.33. The Labute approximate surface area is 100 Å². The van der Waals surface area contributed by atoms with Crippen LogP contribution in [0.2, 0.25) is 5.22 Å². The van der Waals surface area contributed by atoms with E-state index >= 15 is 0 Å². The second kappa shape index (κ2) is 4.91. The van der Waals surface area contributed by atoms with Gasteiger partial charge in [-0.05, 0) is 36.4 Å². The number of hydrogen-bond donors (Lipinski definition) is 0. The molecule has 1 aliphatic rings. The molecular weight excluding hydrogens is 226 g/mol. The second-order valence-electron chi connectivity index (χ2n) is 4.25. The highest BCUT2D eigenvalue weighted by Gasteiger charge is 2.24. The third-order valence-corrected chi connectivity index (χ3v) is 3.62. The van der Waals surface area contributed by atoms with Crippen LogP contribution in [0.25, 0.3) is 0 Å². The van der Waals surface area contributed by atoms with Crippen molar-refractivity contribution >= 4 is 17.5 Å². The maximum absolute atomic E-state index is 12.1. The highest BCUT2D eigenvalue weighted by molar-refractivity contribution is 6.32. The van der Waals surface area contributed by atoms with E-state index in [-0.39, 0.29) is 11.1 Å². The molecule has 1 amide bonds. The molecule has 2 heterocycles. The standard InChI is InChI=1S/C12H16ClNO2/c1-2-9-3-6-14(7-4-9)12(15)10-5-8-16-11(10)13/h5,8-9H,2-4,6-7H2,1H3. The normalized spacial score (nSPS) is 17.8. The first kappa shape index (κ1) is 11.5. The quantitative estimate of drug-likeness (QED) is 0.797. The van der Waals surface area contributed by atoms with Crippen molar-refractivity contribution in [1.29, 1.82) is 0 Å². The van der Waals surface area contributed by atoms with Crippen molar-refractivity contribution in [2.75, 3.05) is 13.1 Å². The summed E-state index contributed by atoms with van der Waals surface area (Å²) in [5, 5.41) is 0.197. The van der Waals surface area contributed by atoms with Gasteiger partial charge in [0.25, 0.3) is 5.91 Å². The molecule has 0 bridgehead atoms. The fourth-order valence-corrected chi connectivity index (χ4v) is 2.36. The Bertz CT molecular complexity index is 367. The number of piperidine rings is 1. The van der Waals surface area contributed by atoms with E-state index in [0.29, 0.717) is 5.56 Å². The first-order chi connectivity index (χ1) is 7.72. The molecule has 0 saturated carbocycles. The molecule has 1 aromatic heterocycles. The van der Waals surface area contributed by atoms with Gasteiger partial charge in [0.2, 0.25) is 5.22 Å². The number of halogens is 1. The summed E-state index contributed by atoms with van der Waals surface area (Å²) < 4.78 is 4.94. The molecule has 0 spiro atoms. The van der Waals surface area contributed by atoms with E-state index in [2.05, 4.69) is 6.92 Å². The van der Waals surface area contributed by atoms with E-state index in [0.717, 1.165) is 31.8 Å². The number of carbonyl (C=O) groups is 1. The summed E-state index contributed by atoms with van der Waals surface area (Å²) in [4.78, 5) is 13.9. The van der Waals surface area contributed by atoms with Crippen molar-refractivity contribution in [3.05, 3.63) is 23.1 Å². The molecule has 0 aliphatic carbocycles. The van der Waals surface area contributed by atoms with Crippen LogP contribution in [0.3, 0.4) is 0 Å². The summed E-state index contributed by atoms with van der Waals surface area (Å²) in [6.45, 7) is 3.87. The fourth-order valence-electron chi connectivity index (χ4n) is 2.16. The number of likely N-dealkylation sites (tertiary alicyclic amines) is 1. The van der Waals surface area contributed by atoms with Crippen molar-refractivity contribution in [1.82, 2.24) is 4.90 Å². The molecule has 88 valence electrons. The lowest BCUT2D eigenvalue weighted by Crippen LogP contribution is -2.38. The van der Waals surface area contributed by atoms with Crippen LogP contribution >= 0.6 is 11.6 Å². The molecule has 1 saturated heterocycles. The van der Waals surface area contributed by atoms with Crippen molar-refractivity contribution in [3.8, 4) is 0 Å². The average Bonchev–Trinajstić information content (AvgIpc) is 2.75. The average molecular weight is 242 g/mol. The Hall–Kier alpha value is -0.960. The first-order valence-corrected chi connectivity index (χ1v) is 6.12. The molecule has 4 heteroatoms. The van der Waals surface area contributed by atoms with Gasteiger partial charge >= 0.3 is 0 Å². The molecule has 0 unspecified atom stereocenters.